The number of anilines is 1. The fraction of sp³-hybridized carbons (Fsp3) is 0.429. The Morgan fingerprint density at radius 2 is 2.19 bits per heavy atom. The van der Waals surface area contributed by atoms with Gasteiger partial charge in [0.1, 0.15) is 5.01 Å². The maximum absolute atomic E-state index is 11.8. The molecule has 0 aromatic carbocycles. The van der Waals surface area contributed by atoms with Crippen LogP contribution < -0.4 is 5.32 Å². The standard InChI is InChI=1S/C14H19N5OS/c1-4-11(5-2)13-17-18-14(21-13)16-12(20)7-6-10-8-15-19(3)9-10/h6-9,11H,4-5H2,1-3H3,(H,16,18,20)/b7-6+. The molecule has 2 aromatic heterocycles. The highest BCUT2D eigenvalue weighted by atomic mass is 32.1. The van der Waals surface area contributed by atoms with E-state index in [9.17, 15) is 4.79 Å². The van der Waals surface area contributed by atoms with Crippen molar-refractivity contribution in [3.8, 4) is 0 Å². The molecular formula is C14H19N5OS. The second-order valence-electron chi connectivity index (χ2n) is 4.73. The molecule has 0 atom stereocenters. The number of nitrogens with zero attached hydrogens (tertiary/aromatic N) is 4. The maximum atomic E-state index is 11.8. The topological polar surface area (TPSA) is 72.7 Å². The first-order valence-electron chi connectivity index (χ1n) is 6.93. The van der Waals surface area contributed by atoms with E-state index in [2.05, 4.69) is 34.5 Å². The van der Waals surface area contributed by atoms with Crippen molar-refractivity contribution in [2.24, 2.45) is 7.05 Å². The highest BCUT2D eigenvalue weighted by Crippen LogP contribution is 2.27. The number of carbonyl (C=O) groups is 1. The van der Waals surface area contributed by atoms with E-state index in [1.54, 1.807) is 17.0 Å². The van der Waals surface area contributed by atoms with Gasteiger partial charge >= 0.3 is 0 Å². The van der Waals surface area contributed by atoms with E-state index < -0.39 is 0 Å². The first-order chi connectivity index (χ1) is 10.1. The normalized spacial score (nSPS) is 11.4. The monoisotopic (exact) mass is 305 g/mol. The molecule has 1 N–H and O–H groups in total. The van der Waals surface area contributed by atoms with Gasteiger partial charge in [-0.15, -0.1) is 10.2 Å². The Balaban J connectivity index is 1.95. The molecule has 21 heavy (non-hydrogen) atoms. The lowest BCUT2D eigenvalue weighted by Gasteiger charge is -2.05. The Kier molecular flexibility index (Phi) is 5.21. The van der Waals surface area contributed by atoms with Gasteiger partial charge in [0.05, 0.1) is 6.20 Å². The van der Waals surface area contributed by atoms with Gasteiger partial charge in [0, 0.05) is 30.8 Å². The van der Waals surface area contributed by atoms with Crippen LogP contribution in [0.1, 0.15) is 43.2 Å². The van der Waals surface area contributed by atoms with Crippen molar-refractivity contribution in [3.63, 3.8) is 0 Å². The van der Waals surface area contributed by atoms with Crippen LogP contribution in [0.3, 0.4) is 0 Å². The van der Waals surface area contributed by atoms with Gasteiger partial charge in [-0.2, -0.15) is 5.10 Å². The minimum Gasteiger partial charge on any atom is -0.297 e. The van der Waals surface area contributed by atoms with Crippen molar-refractivity contribution in [2.45, 2.75) is 32.6 Å². The van der Waals surface area contributed by atoms with E-state index >= 15 is 0 Å². The molecule has 0 spiro atoms. The average molecular weight is 305 g/mol. The van der Waals surface area contributed by atoms with Gasteiger partial charge < -0.3 is 0 Å². The number of aromatic nitrogens is 4. The van der Waals surface area contributed by atoms with E-state index in [0.29, 0.717) is 11.0 Å². The van der Waals surface area contributed by atoms with Crippen molar-refractivity contribution >= 4 is 28.5 Å². The fourth-order valence-corrected chi connectivity index (χ4v) is 2.95. The SMILES string of the molecule is CCC(CC)c1nnc(NC(=O)/C=C/c2cnn(C)c2)s1. The number of amides is 1. The lowest BCUT2D eigenvalue weighted by Crippen LogP contribution is -2.07. The molecule has 1 amide bonds. The summed E-state index contributed by atoms with van der Waals surface area (Å²) in [6, 6.07) is 0. The fourth-order valence-electron chi connectivity index (χ4n) is 1.93. The smallest absolute Gasteiger partial charge is 0.250 e. The van der Waals surface area contributed by atoms with E-state index in [-0.39, 0.29) is 5.91 Å². The van der Waals surface area contributed by atoms with Gasteiger partial charge in [0.15, 0.2) is 0 Å². The summed E-state index contributed by atoms with van der Waals surface area (Å²) in [7, 11) is 1.83. The van der Waals surface area contributed by atoms with Crippen LogP contribution >= 0.6 is 11.3 Å². The second kappa shape index (κ2) is 7.12. The summed E-state index contributed by atoms with van der Waals surface area (Å²) in [5.41, 5.74) is 0.877. The van der Waals surface area contributed by atoms with Gasteiger partial charge in [-0.1, -0.05) is 25.2 Å². The minimum absolute atomic E-state index is 0.217. The molecule has 0 fully saturated rings. The van der Waals surface area contributed by atoms with Crippen LogP contribution in [0.5, 0.6) is 0 Å². The first kappa shape index (κ1) is 15.4. The van der Waals surface area contributed by atoms with E-state index in [1.807, 2.05) is 13.2 Å². The number of nitrogens with one attached hydrogen (secondary N) is 1. The second-order valence-corrected chi connectivity index (χ2v) is 5.74. The first-order valence-corrected chi connectivity index (χ1v) is 7.75. The zero-order valence-electron chi connectivity index (χ0n) is 12.4. The summed E-state index contributed by atoms with van der Waals surface area (Å²) >= 11 is 1.44. The molecule has 112 valence electrons. The third-order valence-electron chi connectivity index (χ3n) is 3.16. The summed E-state index contributed by atoms with van der Waals surface area (Å²) in [4.78, 5) is 11.8. The minimum atomic E-state index is -0.217. The quantitative estimate of drug-likeness (QED) is 0.833. The average Bonchev–Trinajstić information content (AvgIpc) is 3.08. The van der Waals surface area contributed by atoms with Crippen molar-refractivity contribution in [1.29, 1.82) is 0 Å². The number of rotatable bonds is 6. The third-order valence-corrected chi connectivity index (χ3v) is 4.16. The molecule has 2 aromatic rings. The molecule has 0 aliphatic carbocycles. The summed E-state index contributed by atoms with van der Waals surface area (Å²) in [6.07, 6.45) is 8.76. The largest absolute Gasteiger partial charge is 0.297 e. The van der Waals surface area contributed by atoms with Gasteiger partial charge in [-0.05, 0) is 18.9 Å². The van der Waals surface area contributed by atoms with Crippen LogP contribution in [0.4, 0.5) is 5.13 Å². The molecule has 0 saturated heterocycles. The number of hydrogen-bond acceptors (Lipinski definition) is 5. The molecule has 0 radical (unpaired) electrons. The zero-order valence-corrected chi connectivity index (χ0v) is 13.2. The van der Waals surface area contributed by atoms with Crippen molar-refractivity contribution < 1.29 is 4.79 Å². The summed E-state index contributed by atoms with van der Waals surface area (Å²) in [6.45, 7) is 4.26. The highest BCUT2D eigenvalue weighted by Gasteiger charge is 2.13. The van der Waals surface area contributed by atoms with Crippen LogP contribution in [0.2, 0.25) is 0 Å². The third kappa shape index (κ3) is 4.22. The van der Waals surface area contributed by atoms with Gasteiger partial charge in [0.25, 0.3) is 0 Å². The lowest BCUT2D eigenvalue weighted by molar-refractivity contribution is -0.111. The Labute approximate surface area is 127 Å². The number of aryl methyl sites for hydroxylation is 1. The number of hydrogen-bond donors (Lipinski definition) is 1. The summed E-state index contributed by atoms with van der Waals surface area (Å²) in [5, 5.41) is 16.5. The van der Waals surface area contributed by atoms with Crippen molar-refractivity contribution in [2.75, 3.05) is 5.32 Å². The molecular weight excluding hydrogens is 286 g/mol. The van der Waals surface area contributed by atoms with Crippen LogP contribution in [0, 0.1) is 0 Å². The van der Waals surface area contributed by atoms with Crippen LogP contribution in [0.25, 0.3) is 6.08 Å². The van der Waals surface area contributed by atoms with Gasteiger partial charge in [0.2, 0.25) is 11.0 Å². The Bertz CT molecular complexity index is 627. The maximum Gasteiger partial charge on any atom is 0.250 e. The Morgan fingerprint density at radius 3 is 2.81 bits per heavy atom. The van der Waals surface area contributed by atoms with E-state index in [0.717, 1.165) is 23.4 Å². The molecule has 0 aliphatic rings. The van der Waals surface area contributed by atoms with Crippen molar-refractivity contribution in [3.05, 3.63) is 29.0 Å². The Hall–Kier alpha value is -2.02. The summed E-state index contributed by atoms with van der Waals surface area (Å²) < 4.78 is 1.68. The molecule has 0 bridgehead atoms. The molecule has 0 saturated carbocycles. The predicted octanol–water partition coefficient (Wildman–Crippen LogP) is 2.83. The molecule has 7 heteroatoms. The molecule has 0 unspecified atom stereocenters. The van der Waals surface area contributed by atoms with Crippen molar-refractivity contribution in [1.82, 2.24) is 20.0 Å². The molecule has 6 nitrogen and oxygen atoms in total. The molecule has 0 aliphatic heterocycles. The van der Waals surface area contributed by atoms with Crippen LogP contribution in [-0.2, 0) is 11.8 Å². The zero-order chi connectivity index (χ0) is 15.2. The Morgan fingerprint density at radius 1 is 1.43 bits per heavy atom. The van der Waals surface area contributed by atoms with E-state index in [1.165, 1.54) is 17.4 Å². The lowest BCUT2D eigenvalue weighted by atomic mass is 10.1. The molecule has 2 rings (SSSR count). The van der Waals surface area contributed by atoms with Gasteiger partial charge in [-0.25, -0.2) is 0 Å². The number of carbonyl (C=O) groups excluding carboxylic acids is 1. The molecule has 2 heterocycles. The van der Waals surface area contributed by atoms with Crippen LogP contribution in [0.15, 0.2) is 18.5 Å². The summed E-state index contributed by atoms with van der Waals surface area (Å²) in [5.74, 6) is 0.199. The van der Waals surface area contributed by atoms with E-state index in [4.69, 9.17) is 0 Å². The van der Waals surface area contributed by atoms with Gasteiger partial charge in [-0.3, -0.25) is 14.8 Å². The van der Waals surface area contributed by atoms with Crippen LogP contribution in [-0.4, -0.2) is 25.9 Å². The predicted molar refractivity (Wildman–Crippen MR) is 84.1 cm³/mol. The highest BCUT2D eigenvalue weighted by molar-refractivity contribution is 7.15.